The maximum Gasteiger partial charge on any atom is 0.217 e. The zero-order valence-electron chi connectivity index (χ0n) is 15.2. The Morgan fingerprint density at radius 1 is 1.38 bits per heavy atom. The first-order valence-electron chi connectivity index (χ1n) is 8.83. The number of carbonyl (C=O) groups excluding carboxylic acids is 1. The predicted molar refractivity (Wildman–Crippen MR) is 97.1 cm³/mol. The number of amides is 1. The highest BCUT2D eigenvalue weighted by Crippen LogP contribution is 2.33. The van der Waals surface area contributed by atoms with Crippen molar-refractivity contribution >= 4 is 5.91 Å². The largest absolute Gasteiger partial charge is 0.497 e. The summed E-state index contributed by atoms with van der Waals surface area (Å²) in [6.07, 6.45) is 2.05. The van der Waals surface area contributed by atoms with E-state index < -0.39 is 0 Å². The van der Waals surface area contributed by atoms with Crippen LogP contribution in [0.25, 0.3) is 0 Å². The Hall–Kier alpha value is -2.47. The van der Waals surface area contributed by atoms with Crippen LogP contribution in [0.1, 0.15) is 42.8 Å². The first-order valence-corrected chi connectivity index (χ1v) is 8.83. The Morgan fingerprint density at radius 2 is 2.23 bits per heavy atom. The van der Waals surface area contributed by atoms with E-state index in [2.05, 4.69) is 10.2 Å². The van der Waals surface area contributed by atoms with E-state index in [0.29, 0.717) is 24.4 Å². The molecule has 1 atom stereocenters. The summed E-state index contributed by atoms with van der Waals surface area (Å²) in [5.41, 5.74) is 2.46. The van der Waals surface area contributed by atoms with Gasteiger partial charge in [-0.05, 0) is 37.6 Å². The van der Waals surface area contributed by atoms with Crippen molar-refractivity contribution in [1.82, 2.24) is 15.2 Å². The van der Waals surface area contributed by atoms with E-state index in [-0.39, 0.29) is 17.8 Å². The standard InChI is InChI=1S/C20H24FN3O2/c1-14(25)22-12-16-5-3-6-19(23-16)20-7-4-10-24(20)13-15-8-9-17(26-2)11-18(15)21/h3,5-6,8-9,11,20H,4,7,10,12-13H2,1-2H3,(H,22,25)/t20-/m0/s1. The molecule has 138 valence electrons. The number of nitrogens with zero attached hydrogens (tertiary/aromatic N) is 2. The summed E-state index contributed by atoms with van der Waals surface area (Å²) in [6, 6.07) is 11.0. The summed E-state index contributed by atoms with van der Waals surface area (Å²) in [5, 5.41) is 2.77. The van der Waals surface area contributed by atoms with Crippen LogP contribution in [0.3, 0.4) is 0 Å². The van der Waals surface area contributed by atoms with E-state index in [4.69, 9.17) is 9.72 Å². The molecule has 0 saturated carbocycles. The van der Waals surface area contributed by atoms with Crippen LogP contribution in [0, 0.1) is 5.82 Å². The quantitative estimate of drug-likeness (QED) is 0.863. The molecule has 1 fully saturated rings. The molecule has 5 nitrogen and oxygen atoms in total. The van der Waals surface area contributed by atoms with Gasteiger partial charge in [-0.15, -0.1) is 0 Å². The first-order chi connectivity index (χ1) is 12.6. The molecule has 0 aliphatic carbocycles. The number of hydrogen-bond donors (Lipinski definition) is 1. The fourth-order valence-electron chi connectivity index (χ4n) is 3.35. The molecule has 1 aliphatic rings. The fraction of sp³-hybridized carbons (Fsp3) is 0.400. The van der Waals surface area contributed by atoms with Crippen LogP contribution in [-0.2, 0) is 17.9 Å². The number of aromatic nitrogens is 1. The highest BCUT2D eigenvalue weighted by Gasteiger charge is 2.27. The molecule has 2 aromatic rings. The molecule has 0 spiro atoms. The number of halogens is 1. The van der Waals surface area contributed by atoms with Gasteiger partial charge >= 0.3 is 0 Å². The minimum Gasteiger partial charge on any atom is -0.497 e. The van der Waals surface area contributed by atoms with Crippen LogP contribution < -0.4 is 10.1 Å². The second kappa shape index (κ2) is 8.27. The van der Waals surface area contributed by atoms with E-state index in [1.165, 1.54) is 20.1 Å². The van der Waals surface area contributed by atoms with Crippen molar-refractivity contribution in [2.24, 2.45) is 0 Å². The number of benzene rings is 1. The van der Waals surface area contributed by atoms with Gasteiger partial charge < -0.3 is 10.1 Å². The average Bonchev–Trinajstić information content (AvgIpc) is 3.10. The molecule has 0 radical (unpaired) electrons. The third-order valence-corrected chi connectivity index (χ3v) is 4.69. The molecule has 1 amide bonds. The maximum atomic E-state index is 14.3. The van der Waals surface area contributed by atoms with Crippen molar-refractivity contribution in [2.75, 3.05) is 13.7 Å². The summed E-state index contributed by atoms with van der Waals surface area (Å²) in [6.45, 7) is 3.36. The predicted octanol–water partition coefficient (Wildman–Crippen LogP) is 3.20. The molecule has 0 bridgehead atoms. The minimum atomic E-state index is -0.248. The average molecular weight is 357 g/mol. The normalized spacial score (nSPS) is 17.3. The zero-order chi connectivity index (χ0) is 18.5. The number of pyridine rings is 1. The lowest BCUT2D eigenvalue weighted by Crippen LogP contribution is -2.25. The van der Waals surface area contributed by atoms with Crippen molar-refractivity contribution in [3.05, 3.63) is 59.2 Å². The van der Waals surface area contributed by atoms with Crippen LogP contribution in [0.4, 0.5) is 4.39 Å². The summed E-state index contributed by atoms with van der Waals surface area (Å²) in [5.74, 6) is 0.202. The number of carbonyl (C=O) groups is 1. The van der Waals surface area contributed by atoms with Gasteiger partial charge in [0.25, 0.3) is 0 Å². The number of nitrogens with one attached hydrogen (secondary N) is 1. The number of hydrogen-bond acceptors (Lipinski definition) is 4. The van der Waals surface area contributed by atoms with Crippen molar-refractivity contribution in [3.63, 3.8) is 0 Å². The number of likely N-dealkylation sites (tertiary alicyclic amines) is 1. The van der Waals surface area contributed by atoms with Crippen LogP contribution >= 0.6 is 0 Å². The SMILES string of the molecule is COc1ccc(CN2CCC[C@H]2c2cccc(CNC(C)=O)n2)c(F)c1. The molecule has 26 heavy (non-hydrogen) atoms. The van der Waals surface area contributed by atoms with Gasteiger partial charge in [-0.25, -0.2) is 4.39 Å². The number of ether oxygens (including phenoxy) is 1. The Labute approximate surface area is 153 Å². The van der Waals surface area contributed by atoms with E-state index in [1.807, 2.05) is 18.2 Å². The van der Waals surface area contributed by atoms with Crippen molar-refractivity contribution in [1.29, 1.82) is 0 Å². The first kappa shape index (κ1) is 18.3. The summed E-state index contributed by atoms with van der Waals surface area (Å²) < 4.78 is 19.4. The molecule has 1 aliphatic heterocycles. The van der Waals surface area contributed by atoms with E-state index in [0.717, 1.165) is 30.8 Å². The molecule has 1 aromatic heterocycles. The maximum absolute atomic E-state index is 14.3. The van der Waals surface area contributed by atoms with Gasteiger partial charge in [0.1, 0.15) is 11.6 Å². The third kappa shape index (κ3) is 4.38. The Bertz CT molecular complexity index is 781. The Kier molecular flexibility index (Phi) is 5.83. The molecule has 1 saturated heterocycles. The second-order valence-corrected chi connectivity index (χ2v) is 6.55. The molecular weight excluding hydrogens is 333 g/mol. The van der Waals surface area contributed by atoms with Crippen LogP contribution in [0.5, 0.6) is 5.75 Å². The van der Waals surface area contributed by atoms with Crippen molar-refractivity contribution in [3.8, 4) is 5.75 Å². The lowest BCUT2D eigenvalue weighted by atomic mass is 10.1. The summed E-state index contributed by atoms with van der Waals surface area (Å²) >= 11 is 0. The van der Waals surface area contributed by atoms with Gasteiger partial charge in [0.2, 0.25) is 5.91 Å². The van der Waals surface area contributed by atoms with Crippen molar-refractivity contribution < 1.29 is 13.9 Å². The van der Waals surface area contributed by atoms with E-state index in [1.54, 1.807) is 12.1 Å². The topological polar surface area (TPSA) is 54.5 Å². The highest BCUT2D eigenvalue weighted by molar-refractivity contribution is 5.72. The highest BCUT2D eigenvalue weighted by atomic mass is 19.1. The molecule has 0 unspecified atom stereocenters. The van der Waals surface area contributed by atoms with Gasteiger partial charge in [-0.2, -0.15) is 0 Å². The Balaban J connectivity index is 1.74. The lowest BCUT2D eigenvalue weighted by Gasteiger charge is -2.24. The monoisotopic (exact) mass is 357 g/mol. The van der Waals surface area contributed by atoms with Gasteiger partial charge in [0.05, 0.1) is 31.1 Å². The molecule has 1 aromatic carbocycles. The lowest BCUT2D eigenvalue weighted by molar-refractivity contribution is -0.119. The van der Waals surface area contributed by atoms with Gasteiger partial charge in [0.15, 0.2) is 0 Å². The number of rotatable bonds is 6. The summed E-state index contributed by atoms with van der Waals surface area (Å²) in [7, 11) is 1.53. The van der Waals surface area contributed by atoms with Gasteiger partial charge in [-0.3, -0.25) is 14.7 Å². The molecule has 1 N–H and O–H groups in total. The summed E-state index contributed by atoms with van der Waals surface area (Å²) in [4.78, 5) is 18.1. The van der Waals surface area contributed by atoms with Gasteiger partial charge in [0, 0.05) is 25.1 Å². The minimum absolute atomic E-state index is 0.0744. The second-order valence-electron chi connectivity index (χ2n) is 6.55. The van der Waals surface area contributed by atoms with Crippen molar-refractivity contribution in [2.45, 2.75) is 38.9 Å². The number of methoxy groups -OCH3 is 1. The smallest absolute Gasteiger partial charge is 0.217 e. The van der Waals surface area contributed by atoms with Gasteiger partial charge in [-0.1, -0.05) is 12.1 Å². The molecule has 2 heterocycles. The molecule has 6 heteroatoms. The van der Waals surface area contributed by atoms with E-state index in [9.17, 15) is 9.18 Å². The van der Waals surface area contributed by atoms with Crippen LogP contribution in [0.2, 0.25) is 0 Å². The Morgan fingerprint density at radius 3 is 2.96 bits per heavy atom. The molecule has 3 rings (SSSR count). The zero-order valence-corrected chi connectivity index (χ0v) is 15.2. The molecular formula is C20H24FN3O2. The van der Waals surface area contributed by atoms with Crippen LogP contribution in [-0.4, -0.2) is 29.4 Å². The van der Waals surface area contributed by atoms with E-state index >= 15 is 0 Å². The fourth-order valence-corrected chi connectivity index (χ4v) is 3.35. The third-order valence-electron chi connectivity index (χ3n) is 4.69. The van der Waals surface area contributed by atoms with Crippen LogP contribution in [0.15, 0.2) is 36.4 Å².